The smallest absolute Gasteiger partial charge is 0.314 e. The van der Waals surface area contributed by atoms with Crippen molar-refractivity contribution in [2.45, 2.75) is 19.3 Å². The lowest BCUT2D eigenvalue weighted by Crippen LogP contribution is -2.32. The molecular weight excluding hydrogens is 222 g/mol. The Morgan fingerprint density at radius 2 is 2.00 bits per heavy atom. The van der Waals surface area contributed by atoms with Crippen LogP contribution in [-0.2, 0) is 4.79 Å². The summed E-state index contributed by atoms with van der Waals surface area (Å²) < 4.78 is 0. The third-order valence-corrected chi connectivity index (χ3v) is 2.22. The van der Waals surface area contributed by atoms with Crippen LogP contribution in [-0.4, -0.2) is 48.2 Å². The van der Waals surface area contributed by atoms with Crippen LogP contribution in [0.4, 0.5) is 4.79 Å². The highest BCUT2D eigenvalue weighted by atomic mass is 16.4. The molecule has 1 heterocycles. The van der Waals surface area contributed by atoms with Gasteiger partial charge in [0.15, 0.2) is 0 Å². The average Bonchev–Trinajstić information content (AvgIpc) is 2.78. The molecule has 0 unspecified atom stereocenters. The van der Waals surface area contributed by atoms with E-state index in [4.69, 9.17) is 10.8 Å². The van der Waals surface area contributed by atoms with Gasteiger partial charge < -0.3 is 21.1 Å². The summed E-state index contributed by atoms with van der Waals surface area (Å²) in [5.74, 6) is -0.772. The van der Waals surface area contributed by atoms with Gasteiger partial charge in [-0.2, -0.15) is 0 Å². The summed E-state index contributed by atoms with van der Waals surface area (Å²) in [4.78, 5) is 21.9. The second-order valence-electron chi connectivity index (χ2n) is 3.67. The van der Waals surface area contributed by atoms with Gasteiger partial charge in [0.05, 0.1) is 6.42 Å². The van der Waals surface area contributed by atoms with E-state index in [0.717, 1.165) is 25.9 Å². The van der Waals surface area contributed by atoms with Gasteiger partial charge in [0.2, 0.25) is 0 Å². The van der Waals surface area contributed by atoms with Gasteiger partial charge in [-0.1, -0.05) is 6.08 Å². The van der Waals surface area contributed by atoms with Crippen molar-refractivity contribution in [3.05, 3.63) is 12.7 Å². The lowest BCUT2D eigenvalue weighted by atomic mass is 10.4. The molecule has 1 saturated heterocycles. The number of nitrogens with zero attached hydrogens (tertiary/aromatic N) is 1. The first-order chi connectivity index (χ1) is 8.07. The molecule has 0 spiro atoms. The number of amides is 2. The Morgan fingerprint density at radius 3 is 2.35 bits per heavy atom. The maximum atomic E-state index is 10.3. The number of nitrogens with two attached hydrogens (primary N) is 1. The maximum absolute atomic E-state index is 10.3. The van der Waals surface area contributed by atoms with Crippen molar-refractivity contribution in [1.82, 2.24) is 10.2 Å². The Morgan fingerprint density at radius 1 is 1.41 bits per heavy atom. The topological polar surface area (TPSA) is 95.7 Å². The van der Waals surface area contributed by atoms with Crippen molar-refractivity contribution in [3.8, 4) is 0 Å². The van der Waals surface area contributed by atoms with Crippen LogP contribution in [0.1, 0.15) is 19.3 Å². The lowest BCUT2D eigenvalue weighted by molar-refractivity contribution is -0.136. The number of carboxylic acids is 1. The van der Waals surface area contributed by atoms with Gasteiger partial charge in [0.1, 0.15) is 0 Å². The van der Waals surface area contributed by atoms with E-state index >= 15 is 0 Å². The van der Waals surface area contributed by atoms with Crippen LogP contribution in [0.25, 0.3) is 0 Å². The van der Waals surface area contributed by atoms with Crippen LogP contribution in [0.5, 0.6) is 0 Å². The number of urea groups is 1. The Labute approximate surface area is 101 Å². The molecule has 0 atom stereocenters. The highest BCUT2D eigenvalue weighted by Crippen LogP contribution is 2.05. The van der Waals surface area contributed by atoms with Gasteiger partial charge in [-0.25, -0.2) is 4.79 Å². The molecule has 2 amide bonds. The van der Waals surface area contributed by atoms with Crippen molar-refractivity contribution >= 4 is 12.0 Å². The van der Waals surface area contributed by atoms with E-state index in [1.807, 2.05) is 0 Å². The first-order valence-electron chi connectivity index (χ1n) is 5.65. The van der Waals surface area contributed by atoms with E-state index in [-0.39, 0.29) is 12.5 Å². The molecule has 98 valence electrons. The number of hydrogen-bond donors (Lipinski definition) is 3. The van der Waals surface area contributed by atoms with Crippen LogP contribution >= 0.6 is 0 Å². The number of primary amides is 1. The zero-order valence-corrected chi connectivity index (χ0v) is 10.0. The molecule has 1 aliphatic heterocycles. The van der Waals surface area contributed by atoms with E-state index in [1.165, 1.54) is 0 Å². The third kappa shape index (κ3) is 9.37. The molecule has 6 nitrogen and oxygen atoms in total. The quantitative estimate of drug-likeness (QED) is 0.481. The van der Waals surface area contributed by atoms with Gasteiger partial charge in [0, 0.05) is 26.2 Å². The van der Waals surface area contributed by atoms with E-state index in [0.29, 0.717) is 13.1 Å². The summed E-state index contributed by atoms with van der Waals surface area (Å²) >= 11 is 0. The molecule has 0 aliphatic carbocycles. The summed E-state index contributed by atoms with van der Waals surface area (Å²) in [5, 5.41) is 11.0. The van der Waals surface area contributed by atoms with Gasteiger partial charge >= 0.3 is 12.0 Å². The van der Waals surface area contributed by atoms with Crippen molar-refractivity contribution in [2.24, 2.45) is 5.73 Å². The van der Waals surface area contributed by atoms with Crippen molar-refractivity contribution < 1.29 is 14.7 Å². The van der Waals surface area contributed by atoms with Gasteiger partial charge in [-0.3, -0.25) is 4.79 Å². The first kappa shape index (κ1) is 15.4. The predicted molar refractivity (Wildman–Crippen MR) is 65.7 cm³/mol. The molecule has 0 saturated carbocycles. The maximum Gasteiger partial charge on any atom is 0.314 e. The number of carboxylic acid groups (broad SMARTS) is 1. The number of nitrogens with one attached hydrogen (secondary N) is 1. The standard InChI is InChI=1S/C6H11NO2.C5H10N2O/c1-2-4-7-5-3-6(8)9;6-5(8)7-3-1-2-4-7/h2,7H,1,3-5H2,(H,8,9);1-4H2,(H2,6,8). The fourth-order valence-corrected chi connectivity index (χ4v) is 1.34. The number of rotatable bonds is 5. The predicted octanol–water partition coefficient (Wildman–Crippen LogP) is 0.398. The molecule has 0 aromatic rings. The van der Waals surface area contributed by atoms with Crippen LogP contribution in [0, 0.1) is 0 Å². The summed E-state index contributed by atoms with van der Waals surface area (Å²) in [6.07, 6.45) is 4.10. The lowest BCUT2D eigenvalue weighted by Gasteiger charge is -2.09. The zero-order valence-electron chi connectivity index (χ0n) is 10.0. The molecule has 1 aliphatic rings. The molecule has 17 heavy (non-hydrogen) atoms. The monoisotopic (exact) mass is 243 g/mol. The number of hydrogen-bond acceptors (Lipinski definition) is 3. The van der Waals surface area contributed by atoms with E-state index < -0.39 is 5.97 Å². The Kier molecular flexibility index (Phi) is 8.77. The highest BCUT2D eigenvalue weighted by molar-refractivity contribution is 5.72. The van der Waals surface area contributed by atoms with E-state index in [1.54, 1.807) is 11.0 Å². The molecule has 0 bridgehead atoms. The minimum absolute atomic E-state index is 0.174. The van der Waals surface area contributed by atoms with Crippen LogP contribution < -0.4 is 11.1 Å². The molecule has 0 radical (unpaired) electrons. The second kappa shape index (κ2) is 9.65. The molecule has 0 aromatic carbocycles. The molecular formula is C11H21N3O3. The van der Waals surface area contributed by atoms with Gasteiger partial charge in [-0.15, -0.1) is 6.58 Å². The molecule has 0 aromatic heterocycles. The summed E-state index contributed by atoms with van der Waals surface area (Å²) in [6, 6.07) is -0.275. The van der Waals surface area contributed by atoms with Crippen LogP contribution in [0.15, 0.2) is 12.7 Å². The first-order valence-corrected chi connectivity index (χ1v) is 5.65. The molecule has 6 heteroatoms. The van der Waals surface area contributed by atoms with Gasteiger partial charge in [-0.05, 0) is 12.8 Å². The number of likely N-dealkylation sites (tertiary alicyclic amines) is 1. The van der Waals surface area contributed by atoms with Crippen LogP contribution in [0.2, 0.25) is 0 Å². The Bertz CT molecular complexity index is 250. The van der Waals surface area contributed by atoms with Gasteiger partial charge in [0.25, 0.3) is 0 Å². The van der Waals surface area contributed by atoms with Crippen LogP contribution in [0.3, 0.4) is 0 Å². The number of aliphatic carboxylic acids is 1. The zero-order chi connectivity index (χ0) is 13.1. The Balaban J connectivity index is 0.000000302. The number of carbonyl (C=O) groups is 2. The summed E-state index contributed by atoms with van der Waals surface area (Å²) in [7, 11) is 0. The fraction of sp³-hybridized carbons (Fsp3) is 0.636. The Hall–Kier alpha value is -1.56. The normalized spacial score (nSPS) is 13.8. The SMILES string of the molecule is C=CCNCCC(=O)O.NC(=O)N1CCCC1. The van der Waals surface area contributed by atoms with Crippen molar-refractivity contribution in [2.75, 3.05) is 26.2 Å². The largest absolute Gasteiger partial charge is 0.481 e. The molecule has 4 N–H and O–H groups in total. The third-order valence-electron chi connectivity index (χ3n) is 2.22. The average molecular weight is 243 g/mol. The van der Waals surface area contributed by atoms with Crippen molar-refractivity contribution in [1.29, 1.82) is 0 Å². The number of carbonyl (C=O) groups excluding carboxylic acids is 1. The molecule has 1 rings (SSSR count). The second-order valence-corrected chi connectivity index (χ2v) is 3.67. The fourth-order valence-electron chi connectivity index (χ4n) is 1.34. The summed E-state index contributed by atoms with van der Waals surface area (Å²) in [6.45, 7) is 6.37. The van der Waals surface area contributed by atoms with E-state index in [9.17, 15) is 9.59 Å². The minimum Gasteiger partial charge on any atom is -0.481 e. The highest BCUT2D eigenvalue weighted by Gasteiger charge is 2.13. The van der Waals surface area contributed by atoms with E-state index in [2.05, 4.69) is 11.9 Å². The van der Waals surface area contributed by atoms with Crippen molar-refractivity contribution in [3.63, 3.8) is 0 Å². The summed E-state index contributed by atoms with van der Waals surface area (Å²) in [5.41, 5.74) is 4.98. The minimum atomic E-state index is -0.772. The molecule has 1 fully saturated rings.